The summed E-state index contributed by atoms with van der Waals surface area (Å²) in [5, 5.41) is 7.51. The Morgan fingerprint density at radius 2 is 2.25 bits per heavy atom. The molecule has 1 aromatic carbocycles. The molecule has 1 N–H and O–H groups in total. The Bertz CT molecular complexity index is 845. The van der Waals surface area contributed by atoms with Crippen LogP contribution in [-0.4, -0.2) is 46.3 Å². The van der Waals surface area contributed by atoms with Gasteiger partial charge in [0, 0.05) is 30.3 Å². The van der Waals surface area contributed by atoms with Gasteiger partial charge in [-0.15, -0.1) is 0 Å². The molecular weight excluding hydrogens is 352 g/mol. The molecule has 0 saturated carbocycles. The number of hydrogen-bond donors (Lipinski definition) is 1. The van der Waals surface area contributed by atoms with Crippen molar-refractivity contribution in [3.8, 4) is 17.0 Å². The van der Waals surface area contributed by atoms with Gasteiger partial charge in [-0.05, 0) is 51.8 Å². The Labute approximate surface area is 166 Å². The Morgan fingerprint density at radius 1 is 1.36 bits per heavy atom. The van der Waals surface area contributed by atoms with E-state index < -0.39 is 0 Å². The molecule has 6 heteroatoms. The zero-order valence-corrected chi connectivity index (χ0v) is 16.9. The highest BCUT2D eigenvalue weighted by Crippen LogP contribution is 2.37. The third-order valence-electron chi connectivity index (χ3n) is 5.87. The number of carbonyl (C=O) groups is 1. The number of amides is 1. The molecular formula is C22H30N4O2. The number of nitrogens with one attached hydrogen (secondary N) is 1. The van der Waals surface area contributed by atoms with Gasteiger partial charge < -0.3 is 15.0 Å². The number of hydrogen-bond acceptors (Lipinski definition) is 4. The minimum absolute atomic E-state index is 0.0123. The van der Waals surface area contributed by atoms with E-state index >= 15 is 0 Å². The second kappa shape index (κ2) is 8.35. The summed E-state index contributed by atoms with van der Waals surface area (Å²) in [4.78, 5) is 15.0. The molecule has 1 unspecified atom stereocenters. The fraction of sp³-hybridized carbons (Fsp3) is 0.545. The summed E-state index contributed by atoms with van der Waals surface area (Å²) in [6.45, 7) is 8.07. The first-order valence-corrected chi connectivity index (χ1v) is 10.4. The molecule has 0 spiro atoms. The maximum absolute atomic E-state index is 12.5. The van der Waals surface area contributed by atoms with E-state index in [-0.39, 0.29) is 12.5 Å². The van der Waals surface area contributed by atoms with E-state index in [0.29, 0.717) is 19.2 Å². The van der Waals surface area contributed by atoms with E-state index in [9.17, 15) is 4.79 Å². The minimum Gasteiger partial charge on any atom is -0.488 e. The molecule has 6 nitrogen and oxygen atoms in total. The second-order valence-electron chi connectivity index (χ2n) is 8.05. The van der Waals surface area contributed by atoms with Gasteiger partial charge in [-0.2, -0.15) is 5.10 Å². The molecule has 1 amide bonds. The van der Waals surface area contributed by atoms with Gasteiger partial charge in [0.2, 0.25) is 5.91 Å². The summed E-state index contributed by atoms with van der Waals surface area (Å²) in [6.07, 6.45) is 6.73. The van der Waals surface area contributed by atoms with Crippen LogP contribution in [0.1, 0.15) is 43.7 Å². The van der Waals surface area contributed by atoms with Crippen LogP contribution < -0.4 is 10.1 Å². The number of benzene rings is 1. The van der Waals surface area contributed by atoms with E-state index in [1.54, 1.807) is 4.68 Å². The lowest BCUT2D eigenvalue weighted by atomic mass is 10.0. The normalized spacial score (nSPS) is 18.9. The summed E-state index contributed by atoms with van der Waals surface area (Å²) >= 11 is 0. The van der Waals surface area contributed by atoms with Crippen LogP contribution in [-0.2, 0) is 17.9 Å². The van der Waals surface area contributed by atoms with E-state index in [4.69, 9.17) is 4.74 Å². The molecule has 150 valence electrons. The molecule has 1 aromatic heterocycles. The molecule has 4 rings (SSSR count). The third kappa shape index (κ3) is 4.07. The van der Waals surface area contributed by atoms with Crippen LogP contribution in [0.3, 0.4) is 0 Å². The number of aromatic nitrogens is 2. The largest absolute Gasteiger partial charge is 0.488 e. The second-order valence-corrected chi connectivity index (χ2v) is 8.05. The first kappa shape index (κ1) is 19.0. The lowest BCUT2D eigenvalue weighted by Crippen LogP contribution is -2.39. The van der Waals surface area contributed by atoms with Crippen LogP contribution in [0, 0.1) is 6.92 Å². The average Bonchev–Trinajstić information content (AvgIpc) is 3.09. The standard InChI is InChI=1S/C22H30N4O2/c1-16-7-8-20-19(12-16)22-18(15-28-20)13-24-26(22)14-21(27)23-9-5-11-25-10-4-3-6-17(25)2/h7-8,12-13,17H,3-6,9-11,14-15H2,1-2H3,(H,23,27). The molecule has 1 saturated heterocycles. The molecule has 28 heavy (non-hydrogen) atoms. The summed E-state index contributed by atoms with van der Waals surface area (Å²) in [6, 6.07) is 6.81. The first-order chi connectivity index (χ1) is 13.6. The minimum atomic E-state index is 0.0123. The number of ether oxygens (including phenoxy) is 1. The van der Waals surface area contributed by atoms with Gasteiger partial charge >= 0.3 is 0 Å². The van der Waals surface area contributed by atoms with Gasteiger partial charge in [-0.1, -0.05) is 18.1 Å². The Morgan fingerprint density at radius 3 is 3.11 bits per heavy atom. The number of likely N-dealkylation sites (tertiary alicyclic amines) is 1. The molecule has 2 aliphatic rings. The predicted molar refractivity (Wildman–Crippen MR) is 109 cm³/mol. The van der Waals surface area contributed by atoms with Crippen molar-refractivity contribution in [3.63, 3.8) is 0 Å². The lowest BCUT2D eigenvalue weighted by molar-refractivity contribution is -0.121. The fourth-order valence-corrected chi connectivity index (χ4v) is 4.26. The number of carbonyl (C=O) groups excluding carboxylic acids is 1. The smallest absolute Gasteiger partial charge is 0.241 e. The summed E-state index contributed by atoms with van der Waals surface area (Å²) in [5.74, 6) is 0.870. The Balaban J connectivity index is 1.33. The van der Waals surface area contributed by atoms with Crippen molar-refractivity contribution in [2.75, 3.05) is 19.6 Å². The van der Waals surface area contributed by atoms with Crippen molar-refractivity contribution in [1.82, 2.24) is 20.0 Å². The Hall–Kier alpha value is -2.34. The van der Waals surface area contributed by atoms with Crippen LogP contribution in [0.5, 0.6) is 5.75 Å². The van der Waals surface area contributed by atoms with Crippen molar-refractivity contribution in [2.45, 2.75) is 58.7 Å². The van der Waals surface area contributed by atoms with Crippen molar-refractivity contribution in [1.29, 1.82) is 0 Å². The monoisotopic (exact) mass is 382 g/mol. The van der Waals surface area contributed by atoms with Crippen LogP contribution in [0.2, 0.25) is 0 Å². The maximum Gasteiger partial charge on any atom is 0.241 e. The SMILES string of the molecule is Cc1ccc2c(c1)-c1c(cnn1CC(=O)NCCCN1CCCCC1C)CO2. The van der Waals surface area contributed by atoms with Gasteiger partial charge in [-0.3, -0.25) is 9.48 Å². The van der Waals surface area contributed by atoms with Crippen LogP contribution in [0.4, 0.5) is 0 Å². The molecule has 0 bridgehead atoms. The fourth-order valence-electron chi connectivity index (χ4n) is 4.26. The van der Waals surface area contributed by atoms with Crippen molar-refractivity contribution < 1.29 is 9.53 Å². The van der Waals surface area contributed by atoms with Crippen LogP contribution >= 0.6 is 0 Å². The molecule has 1 fully saturated rings. The zero-order chi connectivity index (χ0) is 19.5. The van der Waals surface area contributed by atoms with E-state index in [0.717, 1.165) is 35.5 Å². The van der Waals surface area contributed by atoms with Gasteiger partial charge in [0.25, 0.3) is 0 Å². The van der Waals surface area contributed by atoms with Gasteiger partial charge in [0.15, 0.2) is 0 Å². The summed E-state index contributed by atoms with van der Waals surface area (Å²) < 4.78 is 7.61. The highest BCUT2D eigenvalue weighted by Gasteiger charge is 2.23. The highest BCUT2D eigenvalue weighted by molar-refractivity contribution is 5.78. The molecule has 2 aliphatic heterocycles. The van der Waals surface area contributed by atoms with Gasteiger partial charge in [0.1, 0.15) is 18.9 Å². The first-order valence-electron chi connectivity index (χ1n) is 10.4. The molecule has 2 aromatic rings. The Kier molecular flexibility index (Phi) is 5.67. The van der Waals surface area contributed by atoms with Crippen molar-refractivity contribution >= 4 is 5.91 Å². The number of rotatable bonds is 6. The van der Waals surface area contributed by atoms with E-state index in [1.807, 2.05) is 18.3 Å². The average molecular weight is 383 g/mol. The van der Waals surface area contributed by atoms with Gasteiger partial charge in [0.05, 0.1) is 11.9 Å². The lowest BCUT2D eigenvalue weighted by Gasteiger charge is -2.33. The topological polar surface area (TPSA) is 59.4 Å². The van der Waals surface area contributed by atoms with Crippen LogP contribution in [0.25, 0.3) is 11.3 Å². The van der Waals surface area contributed by atoms with Crippen molar-refractivity contribution in [2.24, 2.45) is 0 Å². The zero-order valence-electron chi connectivity index (χ0n) is 16.9. The number of nitrogens with zero attached hydrogens (tertiary/aromatic N) is 3. The predicted octanol–water partition coefficient (Wildman–Crippen LogP) is 3.13. The molecule has 0 radical (unpaired) electrons. The quantitative estimate of drug-likeness (QED) is 0.780. The third-order valence-corrected chi connectivity index (χ3v) is 5.87. The number of fused-ring (bicyclic) bond motifs is 3. The van der Waals surface area contributed by atoms with E-state index in [1.165, 1.54) is 31.4 Å². The van der Waals surface area contributed by atoms with Crippen molar-refractivity contribution in [3.05, 3.63) is 35.5 Å². The van der Waals surface area contributed by atoms with Gasteiger partial charge in [-0.25, -0.2) is 0 Å². The van der Waals surface area contributed by atoms with Crippen LogP contribution in [0.15, 0.2) is 24.4 Å². The molecule has 0 aliphatic carbocycles. The highest BCUT2D eigenvalue weighted by atomic mass is 16.5. The molecule has 3 heterocycles. The maximum atomic E-state index is 12.5. The number of aryl methyl sites for hydroxylation is 1. The summed E-state index contributed by atoms with van der Waals surface area (Å²) in [7, 11) is 0. The number of piperidine rings is 1. The molecule has 1 atom stereocenters. The van der Waals surface area contributed by atoms with E-state index in [2.05, 4.69) is 35.2 Å². The summed E-state index contributed by atoms with van der Waals surface area (Å²) in [5.41, 5.74) is 4.22.